The van der Waals surface area contributed by atoms with Gasteiger partial charge in [-0.05, 0) is 17.9 Å². The Balaban J connectivity index is 2.70. The molecule has 2 nitrogen and oxygen atoms in total. The first-order valence-electron chi connectivity index (χ1n) is 6.40. The lowest BCUT2D eigenvalue weighted by molar-refractivity contribution is -0.129. The van der Waals surface area contributed by atoms with Crippen LogP contribution in [0.4, 0.5) is 0 Å². The normalized spacial score (nSPS) is 12.2. The van der Waals surface area contributed by atoms with E-state index < -0.39 is 0 Å². The standard InChI is InChI=1S/C15H23NO/c1-4-5-9-14(12-15(17)16(2)3)13-10-7-6-8-11-13/h6-8,10-11,14H,4-5,9,12H2,1-3H3. The first kappa shape index (κ1) is 13.8. The molecule has 0 saturated carbocycles. The van der Waals surface area contributed by atoms with Crippen LogP contribution in [-0.4, -0.2) is 24.9 Å². The Morgan fingerprint density at radius 3 is 2.41 bits per heavy atom. The number of carbonyl (C=O) groups is 1. The van der Waals surface area contributed by atoms with Gasteiger partial charge in [-0.2, -0.15) is 0 Å². The summed E-state index contributed by atoms with van der Waals surface area (Å²) in [5.74, 6) is 0.584. The second-order valence-corrected chi connectivity index (χ2v) is 4.74. The Bertz CT molecular complexity index is 332. The molecule has 0 aliphatic rings. The molecule has 0 heterocycles. The van der Waals surface area contributed by atoms with E-state index in [1.165, 1.54) is 18.4 Å². The van der Waals surface area contributed by atoms with E-state index in [4.69, 9.17) is 0 Å². The topological polar surface area (TPSA) is 20.3 Å². The fraction of sp³-hybridized carbons (Fsp3) is 0.533. The number of unbranched alkanes of at least 4 members (excludes halogenated alkanes) is 1. The van der Waals surface area contributed by atoms with Crippen molar-refractivity contribution in [1.29, 1.82) is 0 Å². The monoisotopic (exact) mass is 233 g/mol. The third-order valence-corrected chi connectivity index (χ3v) is 3.10. The summed E-state index contributed by atoms with van der Waals surface area (Å²) in [4.78, 5) is 13.5. The molecule has 1 rings (SSSR count). The summed E-state index contributed by atoms with van der Waals surface area (Å²) in [7, 11) is 3.65. The Kier molecular flexibility index (Phi) is 5.75. The van der Waals surface area contributed by atoms with Crippen molar-refractivity contribution >= 4 is 5.91 Å². The first-order chi connectivity index (χ1) is 8.15. The lowest BCUT2D eigenvalue weighted by Gasteiger charge is -2.19. The summed E-state index contributed by atoms with van der Waals surface area (Å²) < 4.78 is 0. The fourth-order valence-electron chi connectivity index (χ4n) is 1.96. The zero-order valence-electron chi connectivity index (χ0n) is 11.1. The molecule has 1 aromatic carbocycles. The van der Waals surface area contributed by atoms with Crippen LogP contribution in [-0.2, 0) is 4.79 Å². The summed E-state index contributed by atoms with van der Waals surface area (Å²) >= 11 is 0. The van der Waals surface area contributed by atoms with E-state index in [1.807, 2.05) is 20.2 Å². The number of nitrogens with zero attached hydrogens (tertiary/aromatic N) is 1. The van der Waals surface area contributed by atoms with Crippen molar-refractivity contribution in [1.82, 2.24) is 4.90 Å². The van der Waals surface area contributed by atoms with Crippen molar-refractivity contribution in [2.75, 3.05) is 14.1 Å². The summed E-state index contributed by atoms with van der Waals surface area (Å²) in [6.45, 7) is 2.19. The number of amides is 1. The average molecular weight is 233 g/mol. The van der Waals surface area contributed by atoms with Crippen LogP contribution in [0.1, 0.15) is 44.1 Å². The van der Waals surface area contributed by atoms with E-state index in [0.717, 1.165) is 6.42 Å². The molecule has 0 saturated heterocycles. The van der Waals surface area contributed by atoms with Gasteiger partial charge in [0.1, 0.15) is 0 Å². The number of hydrogen-bond acceptors (Lipinski definition) is 1. The van der Waals surface area contributed by atoms with E-state index >= 15 is 0 Å². The minimum absolute atomic E-state index is 0.218. The highest BCUT2D eigenvalue weighted by Gasteiger charge is 2.16. The number of rotatable bonds is 6. The summed E-state index contributed by atoms with van der Waals surface area (Å²) in [5, 5.41) is 0. The van der Waals surface area contributed by atoms with Gasteiger partial charge in [-0.15, -0.1) is 0 Å². The molecule has 0 fully saturated rings. The highest BCUT2D eigenvalue weighted by atomic mass is 16.2. The van der Waals surface area contributed by atoms with Crippen molar-refractivity contribution in [3.63, 3.8) is 0 Å². The van der Waals surface area contributed by atoms with Gasteiger partial charge in [0.2, 0.25) is 5.91 Å². The van der Waals surface area contributed by atoms with Gasteiger partial charge in [0.15, 0.2) is 0 Å². The summed E-state index contributed by atoms with van der Waals surface area (Å²) in [6, 6.07) is 10.4. The lowest BCUT2D eigenvalue weighted by Crippen LogP contribution is -2.23. The highest BCUT2D eigenvalue weighted by Crippen LogP contribution is 2.25. The second-order valence-electron chi connectivity index (χ2n) is 4.74. The van der Waals surface area contributed by atoms with Gasteiger partial charge in [-0.1, -0.05) is 50.1 Å². The molecule has 0 radical (unpaired) electrons. The second kappa shape index (κ2) is 7.10. The van der Waals surface area contributed by atoms with Gasteiger partial charge in [0, 0.05) is 20.5 Å². The van der Waals surface area contributed by atoms with E-state index in [2.05, 4.69) is 31.2 Å². The molecule has 1 atom stereocenters. The Hall–Kier alpha value is -1.31. The summed E-state index contributed by atoms with van der Waals surface area (Å²) in [6.07, 6.45) is 4.08. The van der Waals surface area contributed by atoms with Crippen LogP contribution in [0.15, 0.2) is 30.3 Å². The number of hydrogen-bond donors (Lipinski definition) is 0. The molecule has 0 N–H and O–H groups in total. The van der Waals surface area contributed by atoms with E-state index in [0.29, 0.717) is 12.3 Å². The maximum absolute atomic E-state index is 11.8. The van der Waals surface area contributed by atoms with Crippen molar-refractivity contribution in [2.45, 2.75) is 38.5 Å². The maximum atomic E-state index is 11.8. The van der Waals surface area contributed by atoms with Crippen LogP contribution < -0.4 is 0 Å². The predicted molar refractivity (Wildman–Crippen MR) is 72.0 cm³/mol. The number of benzene rings is 1. The molecule has 0 spiro atoms. The van der Waals surface area contributed by atoms with Crippen molar-refractivity contribution in [3.8, 4) is 0 Å². The van der Waals surface area contributed by atoms with E-state index in [1.54, 1.807) is 4.90 Å². The van der Waals surface area contributed by atoms with E-state index in [9.17, 15) is 4.79 Å². The highest BCUT2D eigenvalue weighted by molar-refractivity contribution is 5.76. The quantitative estimate of drug-likeness (QED) is 0.737. The summed E-state index contributed by atoms with van der Waals surface area (Å²) in [5.41, 5.74) is 1.29. The van der Waals surface area contributed by atoms with Gasteiger partial charge in [0.25, 0.3) is 0 Å². The molecular formula is C15H23NO. The van der Waals surface area contributed by atoms with E-state index in [-0.39, 0.29) is 5.91 Å². The fourth-order valence-corrected chi connectivity index (χ4v) is 1.96. The Morgan fingerprint density at radius 1 is 1.24 bits per heavy atom. The van der Waals surface area contributed by atoms with Gasteiger partial charge < -0.3 is 4.90 Å². The van der Waals surface area contributed by atoms with Gasteiger partial charge in [0.05, 0.1) is 0 Å². The lowest BCUT2D eigenvalue weighted by atomic mass is 9.90. The van der Waals surface area contributed by atoms with Crippen LogP contribution in [0.2, 0.25) is 0 Å². The van der Waals surface area contributed by atoms with Gasteiger partial charge >= 0.3 is 0 Å². The first-order valence-corrected chi connectivity index (χ1v) is 6.40. The SMILES string of the molecule is CCCCC(CC(=O)N(C)C)c1ccccc1. The zero-order chi connectivity index (χ0) is 12.7. The smallest absolute Gasteiger partial charge is 0.222 e. The number of carbonyl (C=O) groups excluding carboxylic acids is 1. The van der Waals surface area contributed by atoms with Gasteiger partial charge in [-0.25, -0.2) is 0 Å². The largest absolute Gasteiger partial charge is 0.349 e. The van der Waals surface area contributed by atoms with Crippen LogP contribution in [0, 0.1) is 0 Å². The molecule has 17 heavy (non-hydrogen) atoms. The van der Waals surface area contributed by atoms with Gasteiger partial charge in [-0.3, -0.25) is 4.79 Å². The van der Waals surface area contributed by atoms with Crippen molar-refractivity contribution < 1.29 is 4.79 Å². The zero-order valence-corrected chi connectivity index (χ0v) is 11.1. The molecular weight excluding hydrogens is 210 g/mol. The molecule has 2 heteroatoms. The Morgan fingerprint density at radius 2 is 1.88 bits per heavy atom. The average Bonchev–Trinajstić information content (AvgIpc) is 2.35. The van der Waals surface area contributed by atoms with Crippen LogP contribution in [0.3, 0.4) is 0 Å². The minimum atomic E-state index is 0.218. The third kappa shape index (κ3) is 4.59. The molecule has 0 aromatic heterocycles. The third-order valence-electron chi connectivity index (χ3n) is 3.10. The van der Waals surface area contributed by atoms with Crippen molar-refractivity contribution in [3.05, 3.63) is 35.9 Å². The molecule has 1 amide bonds. The molecule has 0 aliphatic carbocycles. The van der Waals surface area contributed by atoms with Crippen molar-refractivity contribution in [2.24, 2.45) is 0 Å². The molecule has 94 valence electrons. The predicted octanol–water partition coefficient (Wildman–Crippen LogP) is 3.44. The van der Waals surface area contributed by atoms with Crippen LogP contribution in [0.25, 0.3) is 0 Å². The molecule has 1 aromatic rings. The maximum Gasteiger partial charge on any atom is 0.222 e. The Labute approximate surface area is 105 Å². The molecule has 1 unspecified atom stereocenters. The molecule has 0 aliphatic heterocycles. The minimum Gasteiger partial charge on any atom is -0.349 e. The van der Waals surface area contributed by atoms with Crippen LogP contribution in [0.5, 0.6) is 0 Å². The van der Waals surface area contributed by atoms with Crippen LogP contribution >= 0.6 is 0 Å². The molecule has 0 bridgehead atoms.